The smallest absolute Gasteiger partial charge is 0.328 e. The summed E-state index contributed by atoms with van der Waals surface area (Å²) in [7, 11) is 0. The third-order valence-electron chi connectivity index (χ3n) is 1.69. The number of carbonyl (C=O) groups excluding carboxylic acids is 1. The van der Waals surface area contributed by atoms with Crippen molar-refractivity contribution in [1.82, 2.24) is 10.3 Å². The number of hydrogen-bond acceptors (Lipinski definition) is 5. The average molecular weight is 245 g/mol. The van der Waals surface area contributed by atoms with Crippen LogP contribution in [-0.4, -0.2) is 39.3 Å². The van der Waals surface area contributed by atoms with Crippen LogP contribution < -0.4 is 10.6 Å². The molecule has 0 saturated carbocycles. The number of carboxylic acid groups (broad SMARTS) is 1. The Morgan fingerprint density at radius 2 is 2.25 bits per heavy atom. The van der Waals surface area contributed by atoms with Gasteiger partial charge in [-0.2, -0.15) is 0 Å². The number of rotatable bonds is 4. The van der Waals surface area contributed by atoms with E-state index in [1.807, 2.05) is 0 Å². The molecule has 88 valence electrons. The number of carboxylic acids is 1. The van der Waals surface area contributed by atoms with Crippen molar-refractivity contribution in [3.8, 4) is 0 Å². The first-order chi connectivity index (χ1) is 7.50. The molecule has 16 heavy (non-hydrogen) atoms. The molecule has 2 atom stereocenters. The number of urea groups is 1. The first kappa shape index (κ1) is 12.4. The molecule has 7 nitrogen and oxygen atoms in total. The van der Waals surface area contributed by atoms with Crippen LogP contribution in [0.2, 0.25) is 0 Å². The van der Waals surface area contributed by atoms with Crippen molar-refractivity contribution in [2.24, 2.45) is 0 Å². The van der Waals surface area contributed by atoms with Gasteiger partial charge in [0, 0.05) is 11.6 Å². The zero-order valence-corrected chi connectivity index (χ0v) is 9.19. The lowest BCUT2D eigenvalue weighted by Gasteiger charge is -2.16. The second-order valence-electron chi connectivity index (χ2n) is 2.99. The van der Waals surface area contributed by atoms with Gasteiger partial charge in [-0.1, -0.05) is 0 Å². The van der Waals surface area contributed by atoms with E-state index in [-0.39, 0.29) is 0 Å². The van der Waals surface area contributed by atoms with Crippen molar-refractivity contribution in [1.29, 1.82) is 0 Å². The Morgan fingerprint density at radius 3 is 2.69 bits per heavy atom. The highest BCUT2D eigenvalue weighted by molar-refractivity contribution is 7.13. The zero-order chi connectivity index (χ0) is 12.1. The van der Waals surface area contributed by atoms with Gasteiger partial charge in [-0.25, -0.2) is 14.6 Å². The molecule has 2 unspecified atom stereocenters. The number of amides is 2. The van der Waals surface area contributed by atoms with E-state index in [0.717, 1.165) is 0 Å². The van der Waals surface area contributed by atoms with Crippen LogP contribution in [0.1, 0.15) is 6.92 Å². The fraction of sp³-hybridized carbons (Fsp3) is 0.375. The lowest BCUT2D eigenvalue weighted by molar-refractivity contribution is -0.141. The van der Waals surface area contributed by atoms with Crippen molar-refractivity contribution >= 4 is 28.5 Å². The summed E-state index contributed by atoms with van der Waals surface area (Å²) in [4.78, 5) is 25.8. The molecule has 2 amide bonds. The van der Waals surface area contributed by atoms with Gasteiger partial charge in [-0.3, -0.25) is 5.32 Å². The number of aliphatic carboxylic acids is 1. The van der Waals surface area contributed by atoms with Gasteiger partial charge in [-0.15, -0.1) is 11.3 Å². The first-order valence-electron chi connectivity index (χ1n) is 4.38. The van der Waals surface area contributed by atoms with E-state index in [1.165, 1.54) is 24.5 Å². The topological polar surface area (TPSA) is 112 Å². The van der Waals surface area contributed by atoms with Gasteiger partial charge in [0.05, 0.1) is 6.10 Å². The van der Waals surface area contributed by atoms with Gasteiger partial charge in [0.15, 0.2) is 11.2 Å². The van der Waals surface area contributed by atoms with Crippen molar-refractivity contribution in [2.45, 2.75) is 19.1 Å². The summed E-state index contributed by atoms with van der Waals surface area (Å²) in [6, 6.07) is -2.07. The molecular formula is C8H11N3O4S. The second-order valence-corrected chi connectivity index (χ2v) is 3.89. The van der Waals surface area contributed by atoms with E-state index >= 15 is 0 Å². The SMILES string of the molecule is CC(O)C(NC(=O)Nc1nccs1)C(=O)O. The standard InChI is InChI=1S/C8H11N3O4S/c1-4(12)5(6(13)14)10-7(15)11-8-9-2-3-16-8/h2-5,12H,1H3,(H,13,14)(H2,9,10,11,15). The molecule has 1 aromatic heterocycles. The Kier molecular flexibility index (Phi) is 4.20. The van der Waals surface area contributed by atoms with Gasteiger partial charge in [0.2, 0.25) is 0 Å². The molecule has 0 aliphatic heterocycles. The third kappa shape index (κ3) is 3.48. The molecule has 8 heteroatoms. The Bertz CT molecular complexity index is 365. The lowest BCUT2D eigenvalue weighted by Crippen LogP contribution is -2.49. The third-order valence-corrected chi connectivity index (χ3v) is 2.38. The molecule has 0 fully saturated rings. The van der Waals surface area contributed by atoms with E-state index in [1.54, 1.807) is 5.38 Å². The van der Waals surface area contributed by atoms with Crippen molar-refractivity contribution in [3.05, 3.63) is 11.6 Å². The van der Waals surface area contributed by atoms with E-state index in [0.29, 0.717) is 5.13 Å². The van der Waals surface area contributed by atoms with E-state index in [9.17, 15) is 9.59 Å². The predicted molar refractivity (Wildman–Crippen MR) is 57.4 cm³/mol. The number of hydrogen-bond donors (Lipinski definition) is 4. The quantitative estimate of drug-likeness (QED) is 0.601. The molecule has 0 aliphatic rings. The number of thiazole rings is 1. The Hall–Kier alpha value is -1.67. The highest BCUT2D eigenvalue weighted by Crippen LogP contribution is 2.09. The predicted octanol–water partition coefficient (Wildman–Crippen LogP) is 0.0986. The molecular weight excluding hydrogens is 234 g/mol. The normalized spacial score (nSPS) is 13.9. The summed E-state index contributed by atoms with van der Waals surface area (Å²) in [5.41, 5.74) is 0. The van der Waals surface area contributed by atoms with Gasteiger partial charge in [0.1, 0.15) is 0 Å². The monoisotopic (exact) mass is 245 g/mol. The molecule has 0 aliphatic carbocycles. The second kappa shape index (κ2) is 5.42. The molecule has 1 aromatic rings. The lowest BCUT2D eigenvalue weighted by atomic mass is 10.2. The Morgan fingerprint density at radius 1 is 1.56 bits per heavy atom. The summed E-state index contributed by atoms with van der Waals surface area (Å²) in [5, 5.41) is 24.3. The number of carbonyl (C=O) groups is 2. The highest BCUT2D eigenvalue weighted by atomic mass is 32.1. The van der Waals surface area contributed by atoms with Crippen LogP contribution >= 0.6 is 11.3 Å². The van der Waals surface area contributed by atoms with Crippen LogP contribution in [0.5, 0.6) is 0 Å². The minimum Gasteiger partial charge on any atom is -0.480 e. The van der Waals surface area contributed by atoms with Gasteiger partial charge >= 0.3 is 12.0 Å². The number of aliphatic hydroxyl groups excluding tert-OH is 1. The maximum Gasteiger partial charge on any atom is 0.328 e. The van der Waals surface area contributed by atoms with Crippen LogP contribution in [0.3, 0.4) is 0 Å². The number of anilines is 1. The highest BCUT2D eigenvalue weighted by Gasteiger charge is 2.24. The number of aromatic nitrogens is 1. The molecule has 0 aromatic carbocycles. The molecule has 0 radical (unpaired) electrons. The summed E-state index contributed by atoms with van der Waals surface area (Å²) in [6.45, 7) is 1.28. The van der Waals surface area contributed by atoms with Gasteiger partial charge in [-0.05, 0) is 6.92 Å². The first-order valence-corrected chi connectivity index (χ1v) is 5.26. The van der Waals surface area contributed by atoms with Crippen LogP contribution in [0, 0.1) is 0 Å². The van der Waals surface area contributed by atoms with Crippen molar-refractivity contribution < 1.29 is 19.8 Å². The summed E-state index contributed by atoms with van der Waals surface area (Å²) in [6.07, 6.45) is 0.323. The van der Waals surface area contributed by atoms with Crippen LogP contribution in [-0.2, 0) is 4.79 Å². The van der Waals surface area contributed by atoms with Crippen molar-refractivity contribution in [3.63, 3.8) is 0 Å². The Labute approximate surface area is 95.1 Å². The fourth-order valence-corrected chi connectivity index (χ4v) is 1.47. The van der Waals surface area contributed by atoms with Gasteiger partial charge in [0.25, 0.3) is 0 Å². The summed E-state index contributed by atoms with van der Waals surface area (Å²) in [5.74, 6) is -1.30. The minimum atomic E-state index is -1.35. The zero-order valence-electron chi connectivity index (χ0n) is 8.38. The van der Waals surface area contributed by atoms with Crippen LogP contribution in [0.4, 0.5) is 9.93 Å². The van der Waals surface area contributed by atoms with Gasteiger partial charge < -0.3 is 15.5 Å². The number of nitrogens with zero attached hydrogens (tertiary/aromatic N) is 1. The molecule has 1 heterocycles. The van der Waals surface area contributed by atoms with E-state index in [2.05, 4.69) is 15.6 Å². The molecule has 0 spiro atoms. The van der Waals surface area contributed by atoms with Crippen LogP contribution in [0.25, 0.3) is 0 Å². The molecule has 0 bridgehead atoms. The molecule has 4 N–H and O–H groups in total. The largest absolute Gasteiger partial charge is 0.480 e. The Balaban J connectivity index is 2.52. The molecule has 1 rings (SSSR count). The fourth-order valence-electron chi connectivity index (χ4n) is 0.948. The maximum absolute atomic E-state index is 11.3. The van der Waals surface area contributed by atoms with Crippen molar-refractivity contribution in [2.75, 3.05) is 5.32 Å². The number of aliphatic hydroxyl groups is 1. The van der Waals surface area contributed by atoms with E-state index < -0.39 is 24.1 Å². The van der Waals surface area contributed by atoms with Crippen LogP contribution in [0.15, 0.2) is 11.6 Å². The average Bonchev–Trinajstić information content (AvgIpc) is 2.65. The molecule has 0 saturated heterocycles. The summed E-state index contributed by atoms with van der Waals surface area (Å²) >= 11 is 1.20. The summed E-state index contributed by atoms with van der Waals surface area (Å²) < 4.78 is 0. The number of nitrogens with one attached hydrogen (secondary N) is 2. The maximum atomic E-state index is 11.3. The van der Waals surface area contributed by atoms with E-state index in [4.69, 9.17) is 10.2 Å². The minimum absolute atomic E-state index is 0.354.